The van der Waals surface area contributed by atoms with Crippen LogP contribution in [-0.4, -0.2) is 48.5 Å². The third kappa shape index (κ3) is 4.08. The van der Waals surface area contributed by atoms with Gasteiger partial charge in [0.15, 0.2) is 0 Å². The van der Waals surface area contributed by atoms with Crippen molar-refractivity contribution in [3.05, 3.63) is 22.8 Å². The monoisotopic (exact) mass is 310 g/mol. The number of likely N-dealkylation sites (tertiary alicyclic amines) is 1. The summed E-state index contributed by atoms with van der Waals surface area (Å²) in [6, 6.07) is 2.24. The van der Waals surface area contributed by atoms with Crippen molar-refractivity contribution in [2.75, 3.05) is 32.0 Å². The number of rotatable bonds is 5. The largest absolute Gasteiger partial charge is 0.373 e. The number of anilines is 1. The van der Waals surface area contributed by atoms with E-state index < -0.39 is 0 Å². The molecule has 0 aromatic carbocycles. The fourth-order valence-corrected chi connectivity index (χ4v) is 2.77. The van der Waals surface area contributed by atoms with Gasteiger partial charge >= 0.3 is 0 Å². The zero-order valence-corrected chi connectivity index (χ0v) is 13.6. The summed E-state index contributed by atoms with van der Waals surface area (Å²) in [5.74, 6) is 1.01. The van der Waals surface area contributed by atoms with Crippen molar-refractivity contribution < 1.29 is 4.79 Å². The van der Waals surface area contributed by atoms with Crippen LogP contribution in [0.4, 0.5) is 5.82 Å². The van der Waals surface area contributed by atoms with Crippen molar-refractivity contribution in [3.63, 3.8) is 0 Å². The van der Waals surface area contributed by atoms with Crippen molar-refractivity contribution >= 4 is 23.3 Å². The Balaban J connectivity index is 1.91. The van der Waals surface area contributed by atoms with Gasteiger partial charge in [0.25, 0.3) is 5.91 Å². The Kier molecular flexibility index (Phi) is 5.42. The Morgan fingerprint density at radius 1 is 1.57 bits per heavy atom. The van der Waals surface area contributed by atoms with Crippen LogP contribution >= 0.6 is 11.6 Å². The lowest BCUT2D eigenvalue weighted by Crippen LogP contribution is -2.33. The maximum absolute atomic E-state index is 12.2. The lowest BCUT2D eigenvalue weighted by atomic mass is 10.1. The fraction of sp³-hybridized carbons (Fsp3) is 0.600. The molecule has 6 heteroatoms. The summed E-state index contributed by atoms with van der Waals surface area (Å²) in [6.45, 7) is 7.26. The van der Waals surface area contributed by atoms with Crippen molar-refractivity contribution in [3.8, 4) is 0 Å². The molecule has 0 bridgehead atoms. The molecule has 2 rings (SSSR count). The molecule has 21 heavy (non-hydrogen) atoms. The average molecular weight is 311 g/mol. The lowest BCUT2D eigenvalue weighted by Gasteiger charge is -2.20. The van der Waals surface area contributed by atoms with Crippen molar-refractivity contribution in [1.82, 2.24) is 15.2 Å². The highest BCUT2D eigenvalue weighted by molar-refractivity contribution is 6.33. The second kappa shape index (κ2) is 7.09. The average Bonchev–Trinajstić information content (AvgIpc) is 2.94. The number of halogens is 1. The Bertz CT molecular complexity index is 506. The van der Waals surface area contributed by atoms with Gasteiger partial charge in [-0.15, -0.1) is 0 Å². The van der Waals surface area contributed by atoms with Crippen LogP contribution in [0.1, 0.15) is 30.6 Å². The Morgan fingerprint density at radius 3 is 2.95 bits per heavy atom. The number of nitrogens with zero attached hydrogens (tertiary/aromatic N) is 2. The SMILES string of the molecule is CNc1cc(C(=O)NCC2CCN(C(C)C)C2)c(Cl)cn1. The third-order valence-electron chi connectivity index (χ3n) is 3.95. The van der Waals surface area contributed by atoms with Crippen LogP contribution in [-0.2, 0) is 0 Å². The first-order valence-corrected chi connectivity index (χ1v) is 7.74. The van der Waals surface area contributed by atoms with Gasteiger partial charge in [0, 0.05) is 32.4 Å². The van der Waals surface area contributed by atoms with Crippen LogP contribution in [0.2, 0.25) is 5.02 Å². The van der Waals surface area contributed by atoms with Gasteiger partial charge in [-0.3, -0.25) is 4.79 Å². The topological polar surface area (TPSA) is 57.3 Å². The van der Waals surface area contributed by atoms with E-state index in [4.69, 9.17) is 11.6 Å². The first-order valence-electron chi connectivity index (χ1n) is 7.36. The molecule has 0 saturated carbocycles. The zero-order valence-electron chi connectivity index (χ0n) is 12.8. The van der Waals surface area contributed by atoms with Gasteiger partial charge < -0.3 is 15.5 Å². The number of pyridine rings is 1. The summed E-state index contributed by atoms with van der Waals surface area (Å²) in [5.41, 5.74) is 0.467. The summed E-state index contributed by atoms with van der Waals surface area (Å²) < 4.78 is 0. The van der Waals surface area contributed by atoms with E-state index in [9.17, 15) is 4.79 Å². The normalized spacial score (nSPS) is 19.0. The van der Waals surface area contributed by atoms with E-state index in [-0.39, 0.29) is 5.91 Å². The van der Waals surface area contributed by atoms with E-state index in [2.05, 4.69) is 34.4 Å². The number of carbonyl (C=O) groups is 1. The van der Waals surface area contributed by atoms with E-state index in [0.717, 1.165) is 19.5 Å². The van der Waals surface area contributed by atoms with E-state index in [1.54, 1.807) is 13.1 Å². The van der Waals surface area contributed by atoms with Gasteiger partial charge in [-0.25, -0.2) is 4.98 Å². The standard InChI is InChI=1S/C15H23ClN4O/c1-10(2)20-5-4-11(9-20)7-19-15(21)12-6-14(17-3)18-8-13(12)16/h6,8,10-11H,4-5,7,9H2,1-3H3,(H,17,18)(H,19,21). The molecule has 1 aromatic rings. The Hall–Kier alpha value is -1.33. The van der Waals surface area contributed by atoms with Gasteiger partial charge in [0.05, 0.1) is 10.6 Å². The quantitative estimate of drug-likeness (QED) is 0.876. The van der Waals surface area contributed by atoms with Crippen LogP contribution in [0.3, 0.4) is 0 Å². The molecule has 0 radical (unpaired) electrons. The molecule has 1 aliphatic rings. The second-order valence-electron chi connectivity index (χ2n) is 5.75. The molecule has 0 spiro atoms. The minimum atomic E-state index is -0.137. The predicted octanol–water partition coefficient (Wildman–Crippen LogP) is 2.24. The fourth-order valence-electron chi connectivity index (χ4n) is 2.58. The van der Waals surface area contributed by atoms with E-state index in [1.165, 1.54) is 6.20 Å². The first-order chi connectivity index (χ1) is 10.0. The Labute approximate surface area is 131 Å². The number of amides is 1. The van der Waals surface area contributed by atoms with Crippen LogP contribution in [0, 0.1) is 5.92 Å². The number of hydrogen-bond donors (Lipinski definition) is 2. The second-order valence-corrected chi connectivity index (χ2v) is 6.16. The molecule has 1 amide bonds. The number of nitrogens with one attached hydrogen (secondary N) is 2. The minimum absolute atomic E-state index is 0.137. The molecule has 1 aliphatic heterocycles. The van der Waals surface area contributed by atoms with Crippen LogP contribution in [0.15, 0.2) is 12.3 Å². The molecule has 1 aromatic heterocycles. The zero-order chi connectivity index (χ0) is 15.4. The molecular formula is C15H23ClN4O. The van der Waals surface area contributed by atoms with Crippen LogP contribution in [0.25, 0.3) is 0 Å². The highest BCUT2D eigenvalue weighted by Gasteiger charge is 2.24. The number of carbonyl (C=O) groups excluding carboxylic acids is 1. The minimum Gasteiger partial charge on any atom is -0.373 e. The first kappa shape index (κ1) is 16.0. The van der Waals surface area contributed by atoms with Gasteiger partial charge in [-0.1, -0.05) is 11.6 Å². The van der Waals surface area contributed by atoms with Crippen LogP contribution < -0.4 is 10.6 Å². The lowest BCUT2D eigenvalue weighted by molar-refractivity contribution is 0.0947. The van der Waals surface area contributed by atoms with Gasteiger partial charge in [0.1, 0.15) is 5.82 Å². The van der Waals surface area contributed by atoms with Gasteiger partial charge in [-0.2, -0.15) is 0 Å². The van der Waals surface area contributed by atoms with E-state index in [1.807, 2.05) is 0 Å². The summed E-state index contributed by atoms with van der Waals surface area (Å²) in [4.78, 5) is 18.8. The molecule has 2 heterocycles. The molecule has 1 unspecified atom stereocenters. The summed E-state index contributed by atoms with van der Waals surface area (Å²) >= 11 is 6.05. The predicted molar refractivity (Wildman–Crippen MR) is 85.9 cm³/mol. The molecular weight excluding hydrogens is 288 g/mol. The number of aromatic nitrogens is 1. The van der Waals surface area contributed by atoms with Crippen molar-refractivity contribution in [2.24, 2.45) is 5.92 Å². The molecule has 116 valence electrons. The number of hydrogen-bond acceptors (Lipinski definition) is 4. The summed E-state index contributed by atoms with van der Waals surface area (Å²) in [7, 11) is 1.76. The van der Waals surface area contributed by atoms with E-state index in [0.29, 0.717) is 34.9 Å². The maximum Gasteiger partial charge on any atom is 0.253 e. The van der Waals surface area contributed by atoms with Gasteiger partial charge in [-0.05, 0) is 38.8 Å². The highest BCUT2D eigenvalue weighted by atomic mass is 35.5. The molecule has 1 fully saturated rings. The molecule has 0 aliphatic carbocycles. The molecule has 1 atom stereocenters. The molecule has 1 saturated heterocycles. The third-order valence-corrected chi connectivity index (χ3v) is 4.26. The van der Waals surface area contributed by atoms with Crippen molar-refractivity contribution in [1.29, 1.82) is 0 Å². The van der Waals surface area contributed by atoms with Crippen LogP contribution in [0.5, 0.6) is 0 Å². The smallest absolute Gasteiger partial charge is 0.253 e. The summed E-state index contributed by atoms with van der Waals surface area (Å²) in [6.07, 6.45) is 2.63. The maximum atomic E-state index is 12.2. The van der Waals surface area contributed by atoms with Gasteiger partial charge in [0.2, 0.25) is 0 Å². The molecule has 5 nitrogen and oxygen atoms in total. The van der Waals surface area contributed by atoms with E-state index >= 15 is 0 Å². The highest BCUT2D eigenvalue weighted by Crippen LogP contribution is 2.20. The summed E-state index contributed by atoms with van der Waals surface area (Å²) in [5, 5.41) is 6.27. The van der Waals surface area contributed by atoms with Crippen molar-refractivity contribution in [2.45, 2.75) is 26.3 Å². The Morgan fingerprint density at radius 2 is 2.33 bits per heavy atom. The molecule has 2 N–H and O–H groups in total.